The van der Waals surface area contributed by atoms with Gasteiger partial charge in [-0.2, -0.15) is 0 Å². The quantitative estimate of drug-likeness (QED) is 0.893. The van der Waals surface area contributed by atoms with E-state index in [1.807, 2.05) is 12.1 Å². The molecule has 0 bridgehead atoms. The highest BCUT2D eigenvalue weighted by Gasteiger charge is 2.24. The molecule has 132 valence electrons. The second-order valence-electron chi connectivity index (χ2n) is 6.93. The van der Waals surface area contributed by atoms with Crippen molar-refractivity contribution in [1.82, 2.24) is 14.9 Å². The van der Waals surface area contributed by atoms with E-state index < -0.39 is 5.91 Å². The van der Waals surface area contributed by atoms with Gasteiger partial charge in [-0.25, -0.2) is 4.98 Å². The van der Waals surface area contributed by atoms with Crippen LogP contribution in [0.4, 0.5) is 0 Å². The van der Waals surface area contributed by atoms with Crippen molar-refractivity contribution >= 4 is 5.91 Å². The van der Waals surface area contributed by atoms with Crippen LogP contribution in [-0.2, 0) is 17.7 Å². The number of rotatable bonds is 4. The van der Waals surface area contributed by atoms with Crippen molar-refractivity contribution in [2.45, 2.75) is 38.3 Å². The van der Waals surface area contributed by atoms with Crippen molar-refractivity contribution in [2.75, 3.05) is 19.7 Å². The molecule has 1 saturated heterocycles. The highest BCUT2D eigenvalue weighted by molar-refractivity contribution is 5.93. The van der Waals surface area contributed by atoms with E-state index in [2.05, 4.69) is 9.88 Å². The summed E-state index contributed by atoms with van der Waals surface area (Å²) in [5, 5.41) is 0. The molecule has 0 radical (unpaired) electrons. The molecule has 1 aromatic carbocycles. The molecule has 0 saturated carbocycles. The molecular weight excluding hydrogens is 316 g/mol. The molecule has 1 amide bonds. The third-order valence-corrected chi connectivity index (χ3v) is 5.09. The third-order valence-electron chi connectivity index (χ3n) is 5.09. The van der Waals surface area contributed by atoms with Gasteiger partial charge in [-0.1, -0.05) is 12.1 Å². The molecule has 1 aromatic heterocycles. The lowest BCUT2D eigenvalue weighted by atomic mass is 10.1. The molecular formula is C19H24N4O2. The van der Waals surface area contributed by atoms with Crippen molar-refractivity contribution in [1.29, 1.82) is 0 Å². The molecule has 25 heavy (non-hydrogen) atoms. The third kappa shape index (κ3) is 3.60. The van der Waals surface area contributed by atoms with Crippen LogP contribution in [-0.4, -0.2) is 46.6 Å². The number of hydrogen-bond donors (Lipinski definition) is 2. The largest absolute Gasteiger partial charge is 0.377 e. The van der Waals surface area contributed by atoms with Crippen molar-refractivity contribution in [3.8, 4) is 11.4 Å². The number of amides is 1. The van der Waals surface area contributed by atoms with Crippen molar-refractivity contribution in [3.05, 3.63) is 41.2 Å². The number of aromatic nitrogens is 2. The maximum atomic E-state index is 11.2. The van der Waals surface area contributed by atoms with Crippen molar-refractivity contribution in [3.63, 3.8) is 0 Å². The van der Waals surface area contributed by atoms with E-state index in [4.69, 9.17) is 15.5 Å². The van der Waals surface area contributed by atoms with Crippen LogP contribution >= 0.6 is 0 Å². The minimum absolute atomic E-state index is 0.374. The molecule has 2 aromatic rings. The number of hydrogen-bond acceptors (Lipinski definition) is 4. The van der Waals surface area contributed by atoms with Crippen LogP contribution in [0.25, 0.3) is 11.4 Å². The average molecular weight is 340 g/mol. The molecule has 3 N–H and O–H groups in total. The van der Waals surface area contributed by atoms with Gasteiger partial charge in [0.2, 0.25) is 5.91 Å². The Balaban J connectivity index is 1.45. The second kappa shape index (κ2) is 6.98. The summed E-state index contributed by atoms with van der Waals surface area (Å²) in [7, 11) is 0. The number of ether oxygens (including phenoxy) is 1. The maximum absolute atomic E-state index is 11.2. The van der Waals surface area contributed by atoms with Gasteiger partial charge in [0.25, 0.3) is 0 Å². The lowest BCUT2D eigenvalue weighted by Crippen LogP contribution is -2.38. The fraction of sp³-hybridized carbons (Fsp3) is 0.474. The minimum atomic E-state index is -0.411. The maximum Gasteiger partial charge on any atom is 0.248 e. The highest BCUT2D eigenvalue weighted by atomic mass is 16.5. The SMILES string of the molecule is NC(=O)c1ccc(-c2nc3c([nH]2)CN(CC2CCCCO2)CC3)cc1. The Labute approximate surface area is 147 Å². The van der Waals surface area contributed by atoms with E-state index in [1.165, 1.54) is 25.0 Å². The summed E-state index contributed by atoms with van der Waals surface area (Å²) in [4.78, 5) is 21.8. The molecule has 6 nitrogen and oxygen atoms in total. The van der Waals surface area contributed by atoms with Crippen LogP contribution in [0.1, 0.15) is 41.0 Å². The van der Waals surface area contributed by atoms with Gasteiger partial charge >= 0.3 is 0 Å². The van der Waals surface area contributed by atoms with Crippen LogP contribution in [0.5, 0.6) is 0 Å². The minimum Gasteiger partial charge on any atom is -0.377 e. The van der Waals surface area contributed by atoms with E-state index in [-0.39, 0.29) is 0 Å². The topological polar surface area (TPSA) is 84.2 Å². The first kappa shape index (κ1) is 16.3. The number of aromatic amines is 1. The van der Waals surface area contributed by atoms with E-state index in [9.17, 15) is 4.79 Å². The van der Waals surface area contributed by atoms with Gasteiger partial charge in [0.1, 0.15) is 5.82 Å². The molecule has 2 aliphatic heterocycles. The van der Waals surface area contributed by atoms with Crippen LogP contribution in [0.2, 0.25) is 0 Å². The Kier molecular flexibility index (Phi) is 4.55. The molecule has 2 aliphatic rings. The fourth-order valence-electron chi connectivity index (χ4n) is 3.67. The first-order valence-corrected chi connectivity index (χ1v) is 9.01. The molecule has 1 fully saturated rings. The van der Waals surface area contributed by atoms with Gasteiger partial charge < -0.3 is 15.5 Å². The first-order valence-electron chi connectivity index (χ1n) is 9.01. The average Bonchev–Trinajstić information content (AvgIpc) is 3.06. The van der Waals surface area contributed by atoms with Gasteiger partial charge in [-0.15, -0.1) is 0 Å². The van der Waals surface area contributed by atoms with Crippen LogP contribution in [0.3, 0.4) is 0 Å². The summed E-state index contributed by atoms with van der Waals surface area (Å²) in [6, 6.07) is 7.26. The number of primary amides is 1. The summed E-state index contributed by atoms with van der Waals surface area (Å²) in [5.41, 5.74) is 9.12. The van der Waals surface area contributed by atoms with E-state index in [0.717, 1.165) is 49.7 Å². The molecule has 4 rings (SSSR count). The van der Waals surface area contributed by atoms with E-state index in [0.29, 0.717) is 11.7 Å². The van der Waals surface area contributed by atoms with Gasteiger partial charge in [0, 0.05) is 43.8 Å². The zero-order valence-electron chi connectivity index (χ0n) is 14.3. The van der Waals surface area contributed by atoms with Gasteiger partial charge in [-0.05, 0) is 31.4 Å². The number of H-pyrrole nitrogens is 1. The summed E-state index contributed by atoms with van der Waals surface area (Å²) in [5.74, 6) is 0.447. The van der Waals surface area contributed by atoms with E-state index in [1.54, 1.807) is 12.1 Å². The fourth-order valence-corrected chi connectivity index (χ4v) is 3.67. The summed E-state index contributed by atoms with van der Waals surface area (Å²) < 4.78 is 5.87. The van der Waals surface area contributed by atoms with Crippen LogP contribution < -0.4 is 5.73 Å². The summed E-state index contributed by atoms with van der Waals surface area (Å²) in [6.45, 7) is 3.82. The highest BCUT2D eigenvalue weighted by Crippen LogP contribution is 2.24. The van der Waals surface area contributed by atoms with Crippen LogP contribution in [0, 0.1) is 0 Å². The normalized spacial score (nSPS) is 21.0. The van der Waals surface area contributed by atoms with Crippen molar-refractivity contribution < 1.29 is 9.53 Å². The number of benzene rings is 1. The standard InChI is InChI=1S/C19H24N4O2/c20-18(24)13-4-6-14(7-5-13)19-21-16-8-9-23(12-17(16)22-19)11-15-3-1-2-10-25-15/h4-7,15H,1-3,8-12H2,(H2,20,24)(H,21,22). The Morgan fingerprint density at radius 1 is 1.32 bits per heavy atom. The molecule has 1 unspecified atom stereocenters. The van der Waals surface area contributed by atoms with Crippen molar-refractivity contribution in [2.24, 2.45) is 5.73 Å². The number of nitrogens with one attached hydrogen (secondary N) is 1. The number of nitrogens with zero attached hydrogens (tertiary/aromatic N) is 2. The number of nitrogens with two attached hydrogens (primary N) is 1. The van der Waals surface area contributed by atoms with Gasteiger partial charge in [0.05, 0.1) is 17.5 Å². The number of carbonyl (C=O) groups excluding carboxylic acids is 1. The lowest BCUT2D eigenvalue weighted by molar-refractivity contribution is -0.00826. The Morgan fingerprint density at radius 3 is 2.88 bits per heavy atom. The molecule has 0 aliphatic carbocycles. The molecule has 1 atom stereocenters. The summed E-state index contributed by atoms with van der Waals surface area (Å²) >= 11 is 0. The Hall–Kier alpha value is -2.18. The zero-order valence-corrected chi connectivity index (χ0v) is 14.3. The van der Waals surface area contributed by atoms with Gasteiger partial charge in [0.15, 0.2) is 0 Å². The predicted octanol–water partition coefficient (Wildman–Crippen LogP) is 2.10. The first-order chi connectivity index (χ1) is 12.2. The lowest BCUT2D eigenvalue weighted by Gasteiger charge is -2.31. The van der Waals surface area contributed by atoms with Crippen LogP contribution in [0.15, 0.2) is 24.3 Å². The predicted molar refractivity (Wildman–Crippen MR) is 95.1 cm³/mol. The monoisotopic (exact) mass is 340 g/mol. The Bertz CT molecular complexity index is 747. The number of carbonyl (C=O) groups is 1. The Morgan fingerprint density at radius 2 is 2.16 bits per heavy atom. The molecule has 0 spiro atoms. The van der Waals surface area contributed by atoms with Gasteiger partial charge in [-0.3, -0.25) is 9.69 Å². The van der Waals surface area contributed by atoms with E-state index >= 15 is 0 Å². The summed E-state index contributed by atoms with van der Waals surface area (Å²) in [6.07, 6.45) is 4.97. The number of imidazole rings is 1. The smallest absolute Gasteiger partial charge is 0.248 e. The number of fused-ring (bicyclic) bond motifs is 1. The molecule has 3 heterocycles. The second-order valence-corrected chi connectivity index (χ2v) is 6.93. The zero-order chi connectivity index (χ0) is 17.2. The molecule has 6 heteroatoms.